The minimum absolute atomic E-state index is 0.0606. The van der Waals surface area contributed by atoms with Gasteiger partial charge in [-0.3, -0.25) is 4.90 Å². The maximum Gasteiger partial charge on any atom is 0.141 e. The summed E-state index contributed by atoms with van der Waals surface area (Å²) in [6, 6.07) is 27.4. The topological polar surface area (TPSA) is 32.8 Å². The van der Waals surface area contributed by atoms with Gasteiger partial charge in [-0.15, -0.1) is 0 Å². The summed E-state index contributed by atoms with van der Waals surface area (Å²) in [4.78, 5) is 16.7. The molecule has 3 aromatic rings. The van der Waals surface area contributed by atoms with Gasteiger partial charge >= 0.3 is 0 Å². The van der Waals surface area contributed by atoms with E-state index in [1.165, 1.54) is 35.1 Å². The van der Waals surface area contributed by atoms with E-state index in [4.69, 9.17) is 4.74 Å². The third-order valence-corrected chi connectivity index (χ3v) is 7.61. The largest absolute Gasteiger partial charge is 0.493 e. The second-order valence-corrected chi connectivity index (χ2v) is 9.97. The SMILES string of the molecule is O=CC1c2ccccc2CN1CC1CCN(CCc2ccc(OCCc3ccccc3)cc2)CC1. The molecule has 4 heteroatoms. The van der Waals surface area contributed by atoms with Crippen molar-refractivity contribution in [3.8, 4) is 5.75 Å². The fourth-order valence-corrected chi connectivity index (χ4v) is 5.51. The molecule has 5 rings (SSSR count). The van der Waals surface area contributed by atoms with Crippen LogP contribution in [0.25, 0.3) is 0 Å². The van der Waals surface area contributed by atoms with Crippen LogP contribution < -0.4 is 4.74 Å². The molecule has 0 aromatic heterocycles. The highest BCUT2D eigenvalue weighted by Crippen LogP contribution is 2.34. The van der Waals surface area contributed by atoms with Crippen molar-refractivity contribution in [1.82, 2.24) is 9.80 Å². The summed E-state index contributed by atoms with van der Waals surface area (Å²) in [5, 5.41) is 0. The zero-order chi connectivity index (χ0) is 23.9. The number of ether oxygens (including phenoxy) is 1. The van der Waals surface area contributed by atoms with Gasteiger partial charge in [0.1, 0.15) is 12.0 Å². The van der Waals surface area contributed by atoms with Crippen molar-refractivity contribution in [1.29, 1.82) is 0 Å². The van der Waals surface area contributed by atoms with E-state index >= 15 is 0 Å². The van der Waals surface area contributed by atoms with E-state index in [2.05, 4.69) is 76.5 Å². The molecule has 2 heterocycles. The van der Waals surface area contributed by atoms with Crippen LogP contribution in [0.15, 0.2) is 78.9 Å². The zero-order valence-electron chi connectivity index (χ0n) is 20.5. The van der Waals surface area contributed by atoms with Crippen molar-refractivity contribution in [2.75, 3.05) is 32.8 Å². The molecule has 2 aliphatic heterocycles. The first-order valence-electron chi connectivity index (χ1n) is 13.0. The Balaban J connectivity index is 1.01. The molecule has 3 aromatic carbocycles. The van der Waals surface area contributed by atoms with Gasteiger partial charge in [-0.25, -0.2) is 0 Å². The van der Waals surface area contributed by atoms with Crippen LogP contribution >= 0.6 is 0 Å². The first-order chi connectivity index (χ1) is 17.3. The summed E-state index contributed by atoms with van der Waals surface area (Å²) in [7, 11) is 0. The van der Waals surface area contributed by atoms with Crippen LogP contribution in [0.2, 0.25) is 0 Å². The van der Waals surface area contributed by atoms with E-state index in [1.807, 2.05) is 12.1 Å². The lowest BCUT2D eigenvalue weighted by molar-refractivity contribution is -0.112. The number of aldehydes is 1. The van der Waals surface area contributed by atoms with E-state index in [1.54, 1.807) is 0 Å². The number of likely N-dealkylation sites (tertiary alicyclic amines) is 1. The predicted molar refractivity (Wildman–Crippen MR) is 141 cm³/mol. The Bertz CT molecular complexity index is 1070. The Kier molecular flexibility index (Phi) is 7.92. The van der Waals surface area contributed by atoms with E-state index < -0.39 is 0 Å². The van der Waals surface area contributed by atoms with Gasteiger partial charge < -0.3 is 14.4 Å². The van der Waals surface area contributed by atoms with Crippen molar-refractivity contribution in [3.05, 3.63) is 101 Å². The molecule has 1 fully saturated rings. The van der Waals surface area contributed by atoms with Crippen LogP contribution in [-0.4, -0.2) is 48.9 Å². The van der Waals surface area contributed by atoms with Crippen LogP contribution in [0.4, 0.5) is 0 Å². The number of benzene rings is 3. The summed E-state index contributed by atoms with van der Waals surface area (Å²) in [5.74, 6) is 1.62. The third kappa shape index (κ3) is 6.19. The molecule has 0 bridgehead atoms. The summed E-state index contributed by atoms with van der Waals surface area (Å²) in [6.45, 7) is 6.04. The van der Waals surface area contributed by atoms with E-state index in [9.17, 15) is 4.79 Å². The number of hydrogen-bond donors (Lipinski definition) is 0. The molecule has 0 saturated carbocycles. The maximum absolute atomic E-state index is 11.8. The molecule has 0 amide bonds. The number of rotatable bonds is 10. The molecule has 35 heavy (non-hydrogen) atoms. The fraction of sp³-hybridized carbons (Fsp3) is 0.387. The van der Waals surface area contributed by atoms with Gasteiger partial charge in [0.25, 0.3) is 0 Å². The molecule has 0 spiro atoms. The Morgan fingerprint density at radius 2 is 1.54 bits per heavy atom. The lowest BCUT2D eigenvalue weighted by Gasteiger charge is -2.34. The molecule has 1 unspecified atom stereocenters. The van der Waals surface area contributed by atoms with Crippen LogP contribution in [0, 0.1) is 5.92 Å². The Morgan fingerprint density at radius 3 is 2.31 bits per heavy atom. The van der Waals surface area contributed by atoms with Crippen molar-refractivity contribution in [3.63, 3.8) is 0 Å². The minimum atomic E-state index is -0.0606. The molecular weight excluding hydrogens is 432 g/mol. The number of piperidine rings is 1. The first kappa shape index (κ1) is 23.8. The lowest BCUT2D eigenvalue weighted by Crippen LogP contribution is -2.39. The molecular formula is C31H36N2O2. The first-order valence-corrected chi connectivity index (χ1v) is 13.0. The van der Waals surface area contributed by atoms with E-state index in [0.717, 1.165) is 57.6 Å². The summed E-state index contributed by atoms with van der Waals surface area (Å²) < 4.78 is 5.93. The van der Waals surface area contributed by atoms with Crippen LogP contribution in [0.1, 0.15) is 41.1 Å². The summed E-state index contributed by atoms with van der Waals surface area (Å²) >= 11 is 0. The predicted octanol–water partition coefficient (Wildman–Crippen LogP) is 5.32. The summed E-state index contributed by atoms with van der Waals surface area (Å²) in [5.41, 5.74) is 5.19. The number of carbonyl (C=O) groups excluding carboxylic acids is 1. The van der Waals surface area contributed by atoms with Crippen LogP contribution in [0.3, 0.4) is 0 Å². The number of nitrogens with zero attached hydrogens (tertiary/aromatic N) is 2. The number of fused-ring (bicyclic) bond motifs is 1. The average Bonchev–Trinajstić information content (AvgIpc) is 3.26. The van der Waals surface area contributed by atoms with Gasteiger partial charge in [0.2, 0.25) is 0 Å². The van der Waals surface area contributed by atoms with Crippen LogP contribution in [0.5, 0.6) is 5.75 Å². The Hall–Kier alpha value is -2.95. The average molecular weight is 469 g/mol. The number of hydrogen-bond acceptors (Lipinski definition) is 4. The van der Waals surface area contributed by atoms with Crippen molar-refractivity contribution in [2.45, 2.75) is 38.3 Å². The second kappa shape index (κ2) is 11.7. The Morgan fingerprint density at radius 1 is 0.829 bits per heavy atom. The molecule has 0 radical (unpaired) electrons. The lowest BCUT2D eigenvalue weighted by atomic mass is 9.95. The van der Waals surface area contributed by atoms with Gasteiger partial charge in [0.15, 0.2) is 0 Å². The fourth-order valence-electron chi connectivity index (χ4n) is 5.51. The van der Waals surface area contributed by atoms with Gasteiger partial charge in [0.05, 0.1) is 12.6 Å². The molecule has 0 aliphatic carbocycles. The number of carbonyl (C=O) groups is 1. The van der Waals surface area contributed by atoms with Crippen molar-refractivity contribution < 1.29 is 9.53 Å². The quantitative estimate of drug-likeness (QED) is 0.377. The molecule has 1 saturated heterocycles. The van der Waals surface area contributed by atoms with E-state index in [0.29, 0.717) is 12.5 Å². The van der Waals surface area contributed by atoms with Gasteiger partial charge in [-0.1, -0.05) is 66.7 Å². The molecule has 1 atom stereocenters. The minimum Gasteiger partial charge on any atom is -0.493 e. The van der Waals surface area contributed by atoms with Crippen molar-refractivity contribution in [2.24, 2.45) is 5.92 Å². The van der Waals surface area contributed by atoms with Gasteiger partial charge in [0, 0.05) is 26.1 Å². The normalized spacial score (nSPS) is 18.9. The van der Waals surface area contributed by atoms with Gasteiger partial charge in [-0.2, -0.15) is 0 Å². The Labute approximate surface area is 209 Å². The molecule has 4 nitrogen and oxygen atoms in total. The smallest absolute Gasteiger partial charge is 0.141 e. The second-order valence-electron chi connectivity index (χ2n) is 9.97. The third-order valence-electron chi connectivity index (χ3n) is 7.61. The highest BCUT2D eigenvalue weighted by molar-refractivity contribution is 5.64. The zero-order valence-corrected chi connectivity index (χ0v) is 20.5. The summed E-state index contributed by atoms with van der Waals surface area (Å²) in [6.07, 6.45) is 5.56. The monoisotopic (exact) mass is 468 g/mol. The van der Waals surface area contributed by atoms with Gasteiger partial charge in [-0.05, 0) is 72.7 Å². The standard InChI is InChI=1S/C31H36N2O2/c34-24-31-30-9-5-4-8-28(30)23-33(31)22-27-15-19-32(20-16-27)18-14-26-10-12-29(13-11-26)35-21-17-25-6-2-1-3-7-25/h1-13,24,27,31H,14-23H2. The van der Waals surface area contributed by atoms with E-state index in [-0.39, 0.29) is 6.04 Å². The van der Waals surface area contributed by atoms with Crippen LogP contribution in [-0.2, 0) is 24.2 Å². The molecule has 0 N–H and O–H groups in total. The highest BCUT2D eigenvalue weighted by Gasteiger charge is 2.32. The maximum atomic E-state index is 11.8. The molecule has 2 aliphatic rings. The highest BCUT2D eigenvalue weighted by atomic mass is 16.5. The van der Waals surface area contributed by atoms with Crippen molar-refractivity contribution >= 4 is 6.29 Å². The molecule has 182 valence electrons.